The molecule has 0 spiro atoms. The summed E-state index contributed by atoms with van der Waals surface area (Å²) in [5, 5.41) is 31.4. The van der Waals surface area contributed by atoms with Gasteiger partial charge in [-0.05, 0) is 74.3 Å². The average Bonchev–Trinajstić information content (AvgIpc) is 3.03. The monoisotopic (exact) mass is 326 g/mol. The van der Waals surface area contributed by atoms with Crippen molar-refractivity contribution < 1.29 is 15.3 Å². The molecule has 1 aromatic carbocycles. The summed E-state index contributed by atoms with van der Waals surface area (Å²) in [6, 6.07) is 3.52. The molecule has 0 aromatic heterocycles. The van der Waals surface area contributed by atoms with E-state index in [-0.39, 0.29) is 23.3 Å². The summed E-state index contributed by atoms with van der Waals surface area (Å²) in [6.07, 6.45) is 7.37. The van der Waals surface area contributed by atoms with Crippen molar-refractivity contribution >= 4 is 5.57 Å². The minimum absolute atomic E-state index is 0.00274. The molecule has 1 aromatic rings. The van der Waals surface area contributed by atoms with E-state index in [1.54, 1.807) is 12.1 Å². The highest BCUT2D eigenvalue weighted by molar-refractivity contribution is 5.71. The Morgan fingerprint density at radius 2 is 1.88 bits per heavy atom. The number of hydrogen-bond donors (Lipinski definition) is 3. The highest BCUT2D eigenvalue weighted by Crippen LogP contribution is 2.47. The Kier molecular flexibility index (Phi) is 4.55. The third-order valence-corrected chi connectivity index (χ3v) is 5.39. The van der Waals surface area contributed by atoms with Gasteiger partial charge in [-0.15, -0.1) is 0 Å². The fourth-order valence-electron chi connectivity index (χ4n) is 3.96. The van der Waals surface area contributed by atoms with Gasteiger partial charge in [0, 0.05) is 11.5 Å². The summed E-state index contributed by atoms with van der Waals surface area (Å²) < 4.78 is 0. The third kappa shape index (κ3) is 3.01. The largest absolute Gasteiger partial charge is 0.507 e. The summed E-state index contributed by atoms with van der Waals surface area (Å²) in [6.45, 7) is 7.86. The van der Waals surface area contributed by atoms with Crippen molar-refractivity contribution in [2.45, 2.75) is 51.6 Å². The predicted octanol–water partition coefficient (Wildman–Crippen LogP) is 4.65. The second-order valence-corrected chi connectivity index (χ2v) is 7.19. The van der Waals surface area contributed by atoms with Crippen molar-refractivity contribution in [3.05, 3.63) is 53.1 Å². The number of allylic oxidation sites excluding steroid dienone is 4. The minimum atomic E-state index is -0.491. The summed E-state index contributed by atoms with van der Waals surface area (Å²) in [5.74, 6) is 0.0681. The number of rotatable bonds is 3. The highest BCUT2D eigenvalue weighted by Gasteiger charge is 2.33. The summed E-state index contributed by atoms with van der Waals surface area (Å²) >= 11 is 0. The average molecular weight is 326 g/mol. The fraction of sp³-hybridized carbons (Fsp3) is 0.429. The number of hydrogen-bond acceptors (Lipinski definition) is 3. The number of phenols is 2. The second kappa shape index (κ2) is 6.48. The molecule has 2 aliphatic rings. The van der Waals surface area contributed by atoms with E-state index in [0.29, 0.717) is 12.0 Å². The molecule has 24 heavy (non-hydrogen) atoms. The lowest BCUT2D eigenvalue weighted by Gasteiger charge is -2.34. The van der Waals surface area contributed by atoms with E-state index in [9.17, 15) is 15.3 Å². The lowest BCUT2D eigenvalue weighted by molar-refractivity contribution is 0.168. The van der Waals surface area contributed by atoms with Crippen molar-refractivity contribution in [3.8, 4) is 11.5 Å². The molecule has 128 valence electrons. The Bertz CT molecular complexity index is 704. The number of aliphatic hydroxyl groups is 1. The zero-order valence-electron chi connectivity index (χ0n) is 14.4. The molecular weight excluding hydrogens is 300 g/mol. The van der Waals surface area contributed by atoms with Gasteiger partial charge < -0.3 is 15.3 Å². The third-order valence-electron chi connectivity index (χ3n) is 5.39. The van der Waals surface area contributed by atoms with Crippen LogP contribution in [0.5, 0.6) is 11.5 Å². The zero-order valence-corrected chi connectivity index (χ0v) is 14.4. The first kappa shape index (κ1) is 16.8. The quantitative estimate of drug-likeness (QED) is 0.708. The van der Waals surface area contributed by atoms with Crippen LogP contribution in [0.3, 0.4) is 0 Å². The van der Waals surface area contributed by atoms with Crippen LogP contribution >= 0.6 is 0 Å². The standard InChI is InChI=1S/C21H26O3/c1-12(2)16-11-18(22)13(3)8-17(16)21-19(23)9-15(10-20(21)24)14-6-4-5-7-14/h6,8-10,16-18,22-24H,1,4-5,7,11H2,2-3H3. The Balaban J connectivity index is 2.05. The molecule has 3 nitrogen and oxygen atoms in total. The molecule has 3 heteroatoms. The lowest BCUT2D eigenvalue weighted by atomic mass is 9.72. The van der Waals surface area contributed by atoms with Crippen molar-refractivity contribution in [1.82, 2.24) is 0 Å². The minimum Gasteiger partial charge on any atom is -0.507 e. The predicted molar refractivity (Wildman–Crippen MR) is 97.0 cm³/mol. The van der Waals surface area contributed by atoms with Crippen molar-refractivity contribution in [2.75, 3.05) is 0 Å². The molecule has 0 saturated heterocycles. The molecule has 0 heterocycles. The molecule has 0 aliphatic heterocycles. The maximum atomic E-state index is 10.6. The van der Waals surface area contributed by atoms with Gasteiger partial charge in [0.05, 0.1) is 6.10 Å². The first-order valence-corrected chi connectivity index (χ1v) is 8.65. The smallest absolute Gasteiger partial charge is 0.123 e. The van der Waals surface area contributed by atoms with Crippen LogP contribution in [0.4, 0.5) is 0 Å². The van der Waals surface area contributed by atoms with Gasteiger partial charge in [0.15, 0.2) is 0 Å². The summed E-state index contributed by atoms with van der Waals surface area (Å²) in [5.41, 5.74) is 4.45. The van der Waals surface area contributed by atoms with E-state index in [1.807, 2.05) is 19.9 Å². The van der Waals surface area contributed by atoms with Crippen LogP contribution in [0, 0.1) is 5.92 Å². The molecule has 0 fully saturated rings. The first-order valence-electron chi connectivity index (χ1n) is 8.65. The Morgan fingerprint density at radius 3 is 2.42 bits per heavy atom. The molecule has 0 amide bonds. The number of aromatic hydroxyl groups is 2. The van der Waals surface area contributed by atoms with Crippen LogP contribution in [-0.4, -0.2) is 21.4 Å². The van der Waals surface area contributed by atoms with E-state index in [2.05, 4.69) is 12.7 Å². The topological polar surface area (TPSA) is 60.7 Å². The number of aliphatic hydroxyl groups excluding tert-OH is 1. The molecule has 3 atom stereocenters. The van der Waals surface area contributed by atoms with E-state index in [1.165, 1.54) is 5.57 Å². The normalized spacial score (nSPS) is 26.9. The van der Waals surface area contributed by atoms with Crippen LogP contribution in [0.25, 0.3) is 5.57 Å². The molecule has 0 radical (unpaired) electrons. The maximum absolute atomic E-state index is 10.6. The first-order chi connectivity index (χ1) is 11.4. The van der Waals surface area contributed by atoms with Crippen LogP contribution in [-0.2, 0) is 0 Å². The molecule has 3 rings (SSSR count). The number of phenolic OH excluding ortho intramolecular Hbond substituents is 2. The number of benzene rings is 1. The summed E-state index contributed by atoms with van der Waals surface area (Å²) in [4.78, 5) is 0. The Hall–Kier alpha value is -2.00. The van der Waals surface area contributed by atoms with Gasteiger partial charge in [-0.1, -0.05) is 24.3 Å². The molecule has 2 aliphatic carbocycles. The fourth-order valence-corrected chi connectivity index (χ4v) is 3.96. The van der Waals surface area contributed by atoms with Gasteiger partial charge >= 0.3 is 0 Å². The van der Waals surface area contributed by atoms with E-state index < -0.39 is 6.10 Å². The van der Waals surface area contributed by atoms with Crippen molar-refractivity contribution in [1.29, 1.82) is 0 Å². The van der Waals surface area contributed by atoms with Crippen LogP contribution in [0.15, 0.2) is 42.0 Å². The van der Waals surface area contributed by atoms with Gasteiger partial charge in [-0.25, -0.2) is 0 Å². The highest BCUT2D eigenvalue weighted by atomic mass is 16.3. The maximum Gasteiger partial charge on any atom is 0.123 e. The van der Waals surface area contributed by atoms with Gasteiger partial charge in [0.1, 0.15) is 11.5 Å². The lowest BCUT2D eigenvalue weighted by Crippen LogP contribution is -2.26. The van der Waals surface area contributed by atoms with Gasteiger partial charge in [0.25, 0.3) is 0 Å². The molecular formula is C21H26O3. The van der Waals surface area contributed by atoms with E-state index >= 15 is 0 Å². The molecule has 0 saturated carbocycles. The SMILES string of the molecule is C=C(C)C1CC(O)C(C)=CC1c1c(O)cc(C2=CCCC2)cc1O. The zero-order chi connectivity index (χ0) is 17.4. The molecule has 0 bridgehead atoms. The summed E-state index contributed by atoms with van der Waals surface area (Å²) in [7, 11) is 0. The van der Waals surface area contributed by atoms with Crippen LogP contribution < -0.4 is 0 Å². The Morgan fingerprint density at radius 1 is 1.21 bits per heavy atom. The Labute approximate surface area is 143 Å². The van der Waals surface area contributed by atoms with Crippen LogP contribution in [0.1, 0.15) is 56.6 Å². The molecule has 3 unspecified atom stereocenters. The van der Waals surface area contributed by atoms with E-state index in [4.69, 9.17) is 0 Å². The second-order valence-electron chi connectivity index (χ2n) is 7.19. The molecule has 3 N–H and O–H groups in total. The van der Waals surface area contributed by atoms with E-state index in [0.717, 1.165) is 36.0 Å². The van der Waals surface area contributed by atoms with Crippen molar-refractivity contribution in [3.63, 3.8) is 0 Å². The van der Waals surface area contributed by atoms with Gasteiger partial charge in [0.2, 0.25) is 0 Å². The van der Waals surface area contributed by atoms with Gasteiger partial charge in [-0.3, -0.25) is 0 Å². The van der Waals surface area contributed by atoms with Crippen molar-refractivity contribution in [2.24, 2.45) is 5.92 Å². The van der Waals surface area contributed by atoms with Gasteiger partial charge in [-0.2, -0.15) is 0 Å². The van der Waals surface area contributed by atoms with Crippen LogP contribution in [0.2, 0.25) is 0 Å².